The van der Waals surface area contributed by atoms with Gasteiger partial charge in [-0.05, 0) is 13.3 Å². The third kappa shape index (κ3) is 2.89. The van der Waals surface area contributed by atoms with E-state index < -0.39 is 11.9 Å². The maximum Gasteiger partial charge on any atom is 0.334 e. The van der Waals surface area contributed by atoms with E-state index in [2.05, 4.69) is 9.47 Å². The van der Waals surface area contributed by atoms with Crippen molar-refractivity contribution in [1.29, 1.82) is 0 Å². The standard InChI is InChI=1S/C9H14O4/c1-5-7(9(11)13-4)6(2)8(10)12-3/h5H2,1-4H3. The molecule has 0 heterocycles. The van der Waals surface area contributed by atoms with Crippen molar-refractivity contribution in [3.05, 3.63) is 11.1 Å². The van der Waals surface area contributed by atoms with Crippen LogP contribution < -0.4 is 0 Å². The SMILES string of the molecule is CCC(C(=O)OC)=C(C)C(=O)OC. The summed E-state index contributed by atoms with van der Waals surface area (Å²) in [6, 6.07) is 0. The topological polar surface area (TPSA) is 52.6 Å². The molecule has 0 unspecified atom stereocenters. The minimum Gasteiger partial charge on any atom is -0.466 e. The first kappa shape index (κ1) is 11.7. The molecule has 74 valence electrons. The second kappa shape index (κ2) is 5.35. The molecule has 0 aliphatic heterocycles. The first-order chi connectivity index (χ1) is 6.08. The summed E-state index contributed by atoms with van der Waals surface area (Å²) >= 11 is 0. The van der Waals surface area contributed by atoms with Crippen LogP contribution in [0.5, 0.6) is 0 Å². The molecular weight excluding hydrogens is 172 g/mol. The van der Waals surface area contributed by atoms with Gasteiger partial charge < -0.3 is 9.47 Å². The number of hydrogen-bond acceptors (Lipinski definition) is 4. The number of carbonyl (C=O) groups excluding carboxylic acids is 2. The smallest absolute Gasteiger partial charge is 0.334 e. The number of methoxy groups -OCH3 is 2. The van der Waals surface area contributed by atoms with Gasteiger partial charge in [0.2, 0.25) is 0 Å². The molecule has 0 atom stereocenters. The van der Waals surface area contributed by atoms with Gasteiger partial charge in [-0.3, -0.25) is 0 Å². The molecule has 0 aromatic rings. The number of carbonyl (C=O) groups is 2. The second-order valence-electron chi connectivity index (χ2n) is 2.44. The van der Waals surface area contributed by atoms with Crippen molar-refractivity contribution in [3.63, 3.8) is 0 Å². The average Bonchev–Trinajstić information content (AvgIpc) is 2.17. The highest BCUT2D eigenvalue weighted by Crippen LogP contribution is 2.11. The zero-order chi connectivity index (χ0) is 10.4. The molecule has 0 amide bonds. The van der Waals surface area contributed by atoms with Gasteiger partial charge in [-0.25, -0.2) is 9.59 Å². The second-order valence-corrected chi connectivity index (χ2v) is 2.44. The Morgan fingerprint density at radius 3 is 1.85 bits per heavy atom. The highest BCUT2D eigenvalue weighted by atomic mass is 16.5. The van der Waals surface area contributed by atoms with Gasteiger partial charge >= 0.3 is 11.9 Å². The van der Waals surface area contributed by atoms with Crippen molar-refractivity contribution in [2.24, 2.45) is 0 Å². The predicted octanol–water partition coefficient (Wildman–Crippen LogP) is 1.06. The molecule has 0 aliphatic carbocycles. The summed E-state index contributed by atoms with van der Waals surface area (Å²) in [5, 5.41) is 0. The van der Waals surface area contributed by atoms with Crippen LogP contribution in [0.25, 0.3) is 0 Å². The number of rotatable bonds is 3. The van der Waals surface area contributed by atoms with E-state index in [0.717, 1.165) is 0 Å². The molecule has 0 bridgehead atoms. The molecule has 0 fully saturated rings. The fourth-order valence-corrected chi connectivity index (χ4v) is 0.962. The lowest BCUT2D eigenvalue weighted by molar-refractivity contribution is -0.139. The molecule has 0 aliphatic rings. The Labute approximate surface area is 77.5 Å². The molecule has 0 aromatic heterocycles. The normalized spacial score (nSPS) is 11.7. The van der Waals surface area contributed by atoms with Gasteiger partial charge in [-0.15, -0.1) is 0 Å². The van der Waals surface area contributed by atoms with Crippen molar-refractivity contribution in [3.8, 4) is 0 Å². The summed E-state index contributed by atoms with van der Waals surface area (Å²) in [4.78, 5) is 22.2. The quantitative estimate of drug-likeness (QED) is 0.488. The van der Waals surface area contributed by atoms with Gasteiger partial charge in [0.1, 0.15) is 0 Å². The molecule has 4 nitrogen and oxygen atoms in total. The van der Waals surface area contributed by atoms with Crippen LogP contribution in [0, 0.1) is 0 Å². The molecule has 0 saturated carbocycles. The molecule has 0 spiro atoms. The molecule has 4 heteroatoms. The first-order valence-corrected chi connectivity index (χ1v) is 3.94. The van der Waals surface area contributed by atoms with E-state index in [0.29, 0.717) is 17.6 Å². The minimum absolute atomic E-state index is 0.303. The summed E-state index contributed by atoms with van der Waals surface area (Å²) < 4.78 is 9.00. The van der Waals surface area contributed by atoms with E-state index in [-0.39, 0.29) is 0 Å². The average molecular weight is 186 g/mol. The summed E-state index contributed by atoms with van der Waals surface area (Å²) in [6.07, 6.45) is 0.452. The third-order valence-corrected chi connectivity index (χ3v) is 1.73. The third-order valence-electron chi connectivity index (χ3n) is 1.73. The van der Waals surface area contributed by atoms with Gasteiger partial charge in [0.15, 0.2) is 0 Å². The molecule has 0 rings (SSSR count). The van der Waals surface area contributed by atoms with Crippen molar-refractivity contribution >= 4 is 11.9 Å². The van der Waals surface area contributed by atoms with E-state index in [1.807, 2.05) is 0 Å². The van der Waals surface area contributed by atoms with Crippen LogP contribution in [0.2, 0.25) is 0 Å². The van der Waals surface area contributed by atoms with Crippen LogP contribution in [0.1, 0.15) is 20.3 Å². The lowest BCUT2D eigenvalue weighted by atomic mass is 10.1. The van der Waals surface area contributed by atoms with E-state index in [1.165, 1.54) is 14.2 Å². The Bertz CT molecular complexity index is 240. The van der Waals surface area contributed by atoms with Crippen LogP contribution in [0.3, 0.4) is 0 Å². The Morgan fingerprint density at radius 1 is 1.08 bits per heavy atom. The van der Waals surface area contributed by atoms with E-state index in [4.69, 9.17) is 0 Å². The molecule has 0 radical (unpaired) electrons. The minimum atomic E-state index is -0.498. The van der Waals surface area contributed by atoms with Gasteiger partial charge in [-0.1, -0.05) is 6.92 Å². The van der Waals surface area contributed by atoms with Crippen LogP contribution in [0.15, 0.2) is 11.1 Å². The van der Waals surface area contributed by atoms with Gasteiger partial charge in [-0.2, -0.15) is 0 Å². The predicted molar refractivity (Wildman–Crippen MR) is 47.0 cm³/mol. The maximum absolute atomic E-state index is 11.1. The van der Waals surface area contributed by atoms with Crippen LogP contribution >= 0.6 is 0 Å². The fraction of sp³-hybridized carbons (Fsp3) is 0.556. The maximum atomic E-state index is 11.1. The monoisotopic (exact) mass is 186 g/mol. The molecule has 0 aromatic carbocycles. The van der Waals surface area contributed by atoms with Crippen molar-refractivity contribution in [2.45, 2.75) is 20.3 Å². The summed E-state index contributed by atoms with van der Waals surface area (Å²) in [6.45, 7) is 3.32. The Balaban J connectivity index is 4.89. The number of hydrogen-bond donors (Lipinski definition) is 0. The zero-order valence-corrected chi connectivity index (χ0v) is 8.34. The Kier molecular flexibility index (Phi) is 4.80. The molecular formula is C9H14O4. The van der Waals surface area contributed by atoms with Crippen LogP contribution in [-0.4, -0.2) is 26.2 Å². The lowest BCUT2D eigenvalue weighted by Crippen LogP contribution is -2.12. The zero-order valence-electron chi connectivity index (χ0n) is 8.34. The van der Waals surface area contributed by atoms with E-state index >= 15 is 0 Å². The molecule has 0 N–H and O–H groups in total. The number of ether oxygens (including phenoxy) is 2. The van der Waals surface area contributed by atoms with Crippen molar-refractivity contribution in [1.82, 2.24) is 0 Å². The van der Waals surface area contributed by atoms with Crippen molar-refractivity contribution < 1.29 is 19.1 Å². The molecule has 13 heavy (non-hydrogen) atoms. The van der Waals surface area contributed by atoms with E-state index in [1.54, 1.807) is 13.8 Å². The van der Waals surface area contributed by atoms with Gasteiger partial charge in [0.05, 0.1) is 14.2 Å². The Morgan fingerprint density at radius 2 is 1.54 bits per heavy atom. The first-order valence-electron chi connectivity index (χ1n) is 3.94. The lowest BCUT2D eigenvalue weighted by Gasteiger charge is -2.06. The molecule has 0 saturated heterocycles. The van der Waals surface area contributed by atoms with Crippen molar-refractivity contribution in [2.75, 3.05) is 14.2 Å². The van der Waals surface area contributed by atoms with E-state index in [9.17, 15) is 9.59 Å². The Hall–Kier alpha value is -1.32. The number of esters is 2. The van der Waals surface area contributed by atoms with Gasteiger partial charge in [0, 0.05) is 11.1 Å². The largest absolute Gasteiger partial charge is 0.466 e. The summed E-state index contributed by atoms with van der Waals surface area (Å²) in [7, 11) is 2.55. The highest BCUT2D eigenvalue weighted by molar-refractivity contribution is 5.99. The fourth-order valence-electron chi connectivity index (χ4n) is 0.962. The van der Waals surface area contributed by atoms with Crippen LogP contribution in [0.4, 0.5) is 0 Å². The highest BCUT2D eigenvalue weighted by Gasteiger charge is 2.16. The van der Waals surface area contributed by atoms with Gasteiger partial charge in [0.25, 0.3) is 0 Å². The summed E-state index contributed by atoms with van der Waals surface area (Å²) in [5.41, 5.74) is 0.659. The van der Waals surface area contributed by atoms with Crippen LogP contribution in [-0.2, 0) is 19.1 Å². The summed E-state index contributed by atoms with van der Waals surface area (Å²) in [5.74, 6) is -0.979.